The summed E-state index contributed by atoms with van der Waals surface area (Å²) in [7, 11) is 0. The minimum atomic E-state index is -4.62. The maximum Gasteiger partial charge on any atom is 0.451 e. The molecule has 0 fully saturated rings. The van der Waals surface area contributed by atoms with Gasteiger partial charge in [-0.3, -0.25) is 0 Å². The highest BCUT2D eigenvalue weighted by molar-refractivity contribution is 9.10. The molecule has 6 heteroatoms. The number of oxazole rings is 1. The van der Waals surface area contributed by atoms with E-state index in [4.69, 9.17) is 4.42 Å². The highest BCUT2D eigenvalue weighted by Gasteiger charge is 2.40. The molecule has 0 spiro atoms. The molecule has 2 aromatic carbocycles. The van der Waals surface area contributed by atoms with Gasteiger partial charge >= 0.3 is 6.18 Å². The standard InChI is InChI=1S/C16H9BrF3NO/c17-12-9-5-4-8-11(12)13-14(16(18,19)20)22-15(21-13)10-6-2-1-3-7-10/h1-9H. The van der Waals surface area contributed by atoms with Crippen LogP contribution in [-0.2, 0) is 6.18 Å². The molecule has 0 bridgehead atoms. The third-order valence-corrected chi connectivity index (χ3v) is 3.73. The number of rotatable bonds is 2. The van der Waals surface area contributed by atoms with E-state index >= 15 is 0 Å². The van der Waals surface area contributed by atoms with E-state index in [-0.39, 0.29) is 11.6 Å². The lowest BCUT2D eigenvalue weighted by atomic mass is 10.1. The van der Waals surface area contributed by atoms with Gasteiger partial charge in [0, 0.05) is 15.6 Å². The number of nitrogens with zero attached hydrogens (tertiary/aromatic N) is 1. The number of benzene rings is 2. The fourth-order valence-corrected chi connectivity index (χ4v) is 2.52. The van der Waals surface area contributed by atoms with E-state index < -0.39 is 11.9 Å². The molecule has 2 nitrogen and oxygen atoms in total. The number of hydrogen-bond donors (Lipinski definition) is 0. The van der Waals surface area contributed by atoms with E-state index in [1.165, 1.54) is 0 Å². The Morgan fingerprint density at radius 1 is 0.909 bits per heavy atom. The van der Waals surface area contributed by atoms with Crippen molar-refractivity contribution in [1.29, 1.82) is 0 Å². The molecule has 0 atom stereocenters. The molecule has 1 heterocycles. The van der Waals surface area contributed by atoms with Gasteiger partial charge in [0.25, 0.3) is 0 Å². The van der Waals surface area contributed by atoms with Gasteiger partial charge in [0.05, 0.1) is 0 Å². The Kier molecular flexibility index (Phi) is 3.78. The second kappa shape index (κ2) is 5.61. The minimum Gasteiger partial charge on any atom is -0.431 e. The molecule has 0 saturated carbocycles. The fraction of sp³-hybridized carbons (Fsp3) is 0.0625. The van der Waals surface area contributed by atoms with Gasteiger partial charge in [-0.25, -0.2) is 4.98 Å². The van der Waals surface area contributed by atoms with Crippen molar-refractivity contribution < 1.29 is 17.6 Å². The zero-order valence-electron chi connectivity index (χ0n) is 11.1. The first-order chi connectivity index (χ1) is 10.5. The van der Waals surface area contributed by atoms with Crippen molar-refractivity contribution in [2.24, 2.45) is 0 Å². The summed E-state index contributed by atoms with van der Waals surface area (Å²) < 4.78 is 45.3. The first kappa shape index (κ1) is 14.8. The first-order valence-corrected chi connectivity index (χ1v) is 7.14. The van der Waals surface area contributed by atoms with Crippen molar-refractivity contribution in [1.82, 2.24) is 4.98 Å². The van der Waals surface area contributed by atoms with Gasteiger partial charge in [0.1, 0.15) is 5.69 Å². The van der Waals surface area contributed by atoms with Crippen LogP contribution in [0.1, 0.15) is 5.76 Å². The molecule has 0 aliphatic rings. The zero-order valence-corrected chi connectivity index (χ0v) is 12.6. The predicted molar refractivity (Wildman–Crippen MR) is 80.1 cm³/mol. The molecule has 0 unspecified atom stereocenters. The second-order valence-electron chi connectivity index (χ2n) is 4.54. The lowest BCUT2D eigenvalue weighted by molar-refractivity contribution is -0.152. The Hall–Kier alpha value is -2.08. The summed E-state index contributed by atoms with van der Waals surface area (Å²) in [5.41, 5.74) is 0.603. The van der Waals surface area contributed by atoms with E-state index in [1.54, 1.807) is 54.6 Å². The molecule has 0 N–H and O–H groups in total. The lowest BCUT2D eigenvalue weighted by Crippen LogP contribution is -2.05. The van der Waals surface area contributed by atoms with Gasteiger partial charge < -0.3 is 4.42 Å². The fourth-order valence-electron chi connectivity index (χ4n) is 2.05. The van der Waals surface area contributed by atoms with Crippen molar-refractivity contribution >= 4 is 15.9 Å². The van der Waals surface area contributed by atoms with E-state index in [0.717, 1.165) is 0 Å². The molecule has 1 aromatic heterocycles. The van der Waals surface area contributed by atoms with Crippen LogP contribution in [-0.4, -0.2) is 4.98 Å². The summed E-state index contributed by atoms with van der Waals surface area (Å²) in [5, 5.41) is 0. The number of aromatic nitrogens is 1. The molecule has 22 heavy (non-hydrogen) atoms. The highest BCUT2D eigenvalue weighted by Crippen LogP contribution is 2.41. The molecular weight excluding hydrogens is 359 g/mol. The van der Waals surface area contributed by atoms with Gasteiger partial charge in [0.2, 0.25) is 11.7 Å². The van der Waals surface area contributed by atoms with E-state index in [9.17, 15) is 13.2 Å². The number of halogens is 4. The van der Waals surface area contributed by atoms with Crippen LogP contribution < -0.4 is 0 Å². The molecule has 112 valence electrons. The van der Waals surface area contributed by atoms with Crippen LogP contribution in [0.2, 0.25) is 0 Å². The van der Waals surface area contributed by atoms with Crippen LogP contribution in [0.4, 0.5) is 13.2 Å². The smallest absolute Gasteiger partial charge is 0.431 e. The van der Waals surface area contributed by atoms with Crippen molar-refractivity contribution in [2.45, 2.75) is 6.18 Å². The van der Waals surface area contributed by atoms with Gasteiger partial charge in [-0.2, -0.15) is 13.2 Å². The van der Waals surface area contributed by atoms with Gasteiger partial charge in [-0.1, -0.05) is 52.3 Å². The lowest BCUT2D eigenvalue weighted by Gasteiger charge is -2.06. The molecular formula is C16H9BrF3NO. The van der Waals surface area contributed by atoms with Crippen molar-refractivity contribution in [3.8, 4) is 22.7 Å². The van der Waals surface area contributed by atoms with E-state index in [0.29, 0.717) is 15.6 Å². The summed E-state index contributed by atoms with van der Waals surface area (Å²) in [4.78, 5) is 4.06. The van der Waals surface area contributed by atoms with Crippen LogP contribution in [0.25, 0.3) is 22.7 Å². The normalized spacial score (nSPS) is 11.6. The van der Waals surface area contributed by atoms with Crippen molar-refractivity contribution in [3.63, 3.8) is 0 Å². The molecule has 3 aromatic rings. The van der Waals surface area contributed by atoms with E-state index in [2.05, 4.69) is 20.9 Å². The SMILES string of the molecule is FC(F)(F)c1oc(-c2ccccc2)nc1-c1ccccc1Br. The first-order valence-electron chi connectivity index (χ1n) is 6.35. The number of alkyl halides is 3. The summed E-state index contributed by atoms with van der Waals surface area (Å²) in [6.07, 6.45) is -4.62. The van der Waals surface area contributed by atoms with Crippen LogP contribution in [0.15, 0.2) is 63.5 Å². The third kappa shape index (κ3) is 2.78. The number of hydrogen-bond acceptors (Lipinski definition) is 2. The average Bonchev–Trinajstić information content (AvgIpc) is 2.94. The highest BCUT2D eigenvalue weighted by atomic mass is 79.9. The minimum absolute atomic E-state index is 0.0568. The predicted octanol–water partition coefficient (Wildman–Crippen LogP) is 5.79. The van der Waals surface area contributed by atoms with Crippen LogP contribution in [0, 0.1) is 0 Å². The Bertz CT molecular complexity index is 797. The maximum absolute atomic E-state index is 13.2. The van der Waals surface area contributed by atoms with Crippen LogP contribution >= 0.6 is 15.9 Å². The second-order valence-corrected chi connectivity index (χ2v) is 5.39. The Morgan fingerprint density at radius 3 is 2.18 bits per heavy atom. The van der Waals surface area contributed by atoms with Gasteiger partial charge in [0.15, 0.2) is 0 Å². The molecule has 0 radical (unpaired) electrons. The molecule has 0 saturated heterocycles. The zero-order chi connectivity index (χ0) is 15.7. The molecule has 3 rings (SSSR count). The molecule has 0 aliphatic heterocycles. The monoisotopic (exact) mass is 367 g/mol. The molecule has 0 aliphatic carbocycles. The Labute approximate surface area is 132 Å². The third-order valence-electron chi connectivity index (χ3n) is 3.03. The Balaban J connectivity index is 2.21. The summed E-state index contributed by atoms with van der Waals surface area (Å²) >= 11 is 3.25. The van der Waals surface area contributed by atoms with Crippen molar-refractivity contribution in [2.75, 3.05) is 0 Å². The van der Waals surface area contributed by atoms with Gasteiger partial charge in [-0.05, 0) is 18.2 Å². The maximum atomic E-state index is 13.2. The van der Waals surface area contributed by atoms with Crippen LogP contribution in [0.5, 0.6) is 0 Å². The van der Waals surface area contributed by atoms with Gasteiger partial charge in [-0.15, -0.1) is 0 Å². The summed E-state index contributed by atoms with van der Waals surface area (Å²) in [5.74, 6) is -1.16. The Morgan fingerprint density at radius 2 is 1.55 bits per heavy atom. The summed E-state index contributed by atoms with van der Waals surface area (Å²) in [6.45, 7) is 0. The molecule has 0 amide bonds. The quantitative estimate of drug-likeness (QED) is 0.572. The summed E-state index contributed by atoms with van der Waals surface area (Å²) in [6, 6.07) is 15.1. The topological polar surface area (TPSA) is 26.0 Å². The van der Waals surface area contributed by atoms with E-state index in [1.807, 2.05) is 0 Å². The van der Waals surface area contributed by atoms with Crippen LogP contribution in [0.3, 0.4) is 0 Å². The average molecular weight is 368 g/mol. The van der Waals surface area contributed by atoms with Crippen molar-refractivity contribution in [3.05, 3.63) is 64.8 Å². The largest absolute Gasteiger partial charge is 0.451 e.